The number of hydrazone groups is 1. The Morgan fingerprint density at radius 2 is 2.00 bits per heavy atom. The molecule has 0 aliphatic carbocycles. The van der Waals surface area contributed by atoms with Gasteiger partial charge in [-0.3, -0.25) is 4.79 Å². The number of unbranched alkanes of at least 4 members (excludes halogenated alkanes) is 2. The first-order chi connectivity index (χ1) is 11.6. The molecule has 0 spiro atoms. The molecule has 1 atom stereocenters. The number of hydrogen-bond acceptors (Lipinski definition) is 5. The van der Waals surface area contributed by atoms with Crippen molar-refractivity contribution in [1.82, 2.24) is 5.43 Å². The normalized spacial score (nSPS) is 12.2. The van der Waals surface area contributed by atoms with E-state index < -0.39 is 6.10 Å². The van der Waals surface area contributed by atoms with Crippen LogP contribution in [0, 0.1) is 0 Å². The molecule has 0 bridgehead atoms. The number of nitrogens with zero attached hydrogens (tertiary/aromatic N) is 1. The fourth-order valence-corrected chi connectivity index (χ4v) is 2.24. The molecule has 0 aliphatic rings. The molecule has 6 heteroatoms. The zero-order valence-corrected chi connectivity index (χ0v) is 14.7. The molecule has 2 N–H and O–H groups in total. The Hall–Kier alpha value is -2.08. The van der Waals surface area contributed by atoms with E-state index in [4.69, 9.17) is 9.47 Å². The molecule has 0 saturated heterocycles. The lowest BCUT2D eigenvalue weighted by Crippen LogP contribution is -2.19. The van der Waals surface area contributed by atoms with E-state index >= 15 is 0 Å². The second-order valence-electron chi connectivity index (χ2n) is 5.60. The highest BCUT2D eigenvalue weighted by molar-refractivity contribution is 5.83. The largest absolute Gasteiger partial charge is 0.493 e. The van der Waals surface area contributed by atoms with Crippen molar-refractivity contribution in [2.75, 3.05) is 14.2 Å². The molecule has 0 aliphatic heterocycles. The molecule has 0 heterocycles. The summed E-state index contributed by atoms with van der Waals surface area (Å²) in [5.74, 6) is 1.03. The fourth-order valence-electron chi connectivity index (χ4n) is 2.24. The predicted octanol–water partition coefficient (Wildman–Crippen LogP) is 2.88. The van der Waals surface area contributed by atoms with Crippen molar-refractivity contribution < 1.29 is 19.4 Å². The number of rotatable bonds is 11. The van der Waals surface area contributed by atoms with Gasteiger partial charge in [-0.25, -0.2) is 5.43 Å². The zero-order valence-electron chi connectivity index (χ0n) is 14.7. The molecule has 1 amide bonds. The van der Waals surface area contributed by atoms with E-state index in [1.807, 2.05) is 6.07 Å². The summed E-state index contributed by atoms with van der Waals surface area (Å²) in [5, 5.41) is 13.7. The Morgan fingerprint density at radius 1 is 1.25 bits per heavy atom. The van der Waals surface area contributed by atoms with E-state index in [1.165, 1.54) is 6.21 Å². The lowest BCUT2D eigenvalue weighted by molar-refractivity contribution is -0.121. The standard InChI is InChI=1S/C18H28N2O4/c1-4-5-6-7-15(21)9-11-18(22)20-19-13-14-8-10-16(23-2)17(12-14)24-3/h8,10,12-13,15,21H,4-7,9,11H2,1-3H3,(H,20,22). The number of aliphatic hydroxyl groups excluding tert-OH is 1. The van der Waals surface area contributed by atoms with E-state index in [2.05, 4.69) is 17.5 Å². The number of benzene rings is 1. The highest BCUT2D eigenvalue weighted by Crippen LogP contribution is 2.26. The maximum atomic E-state index is 11.7. The van der Waals surface area contributed by atoms with Crippen molar-refractivity contribution >= 4 is 12.1 Å². The summed E-state index contributed by atoms with van der Waals surface area (Å²) in [6.45, 7) is 2.12. The Morgan fingerprint density at radius 3 is 2.67 bits per heavy atom. The van der Waals surface area contributed by atoms with Gasteiger partial charge in [0.1, 0.15) is 0 Å². The molecule has 1 aromatic rings. The zero-order chi connectivity index (χ0) is 17.8. The van der Waals surface area contributed by atoms with Gasteiger partial charge in [0.2, 0.25) is 5.91 Å². The van der Waals surface area contributed by atoms with Gasteiger partial charge in [0, 0.05) is 6.42 Å². The van der Waals surface area contributed by atoms with Gasteiger partial charge in [0.15, 0.2) is 11.5 Å². The average Bonchev–Trinajstić information content (AvgIpc) is 2.60. The van der Waals surface area contributed by atoms with Crippen molar-refractivity contribution in [2.24, 2.45) is 5.10 Å². The van der Waals surface area contributed by atoms with E-state index in [0.717, 1.165) is 31.2 Å². The molecular weight excluding hydrogens is 308 g/mol. The van der Waals surface area contributed by atoms with E-state index in [-0.39, 0.29) is 12.3 Å². The number of ether oxygens (including phenoxy) is 2. The van der Waals surface area contributed by atoms with Crippen LogP contribution >= 0.6 is 0 Å². The van der Waals surface area contributed by atoms with E-state index in [1.54, 1.807) is 26.4 Å². The highest BCUT2D eigenvalue weighted by atomic mass is 16.5. The van der Waals surface area contributed by atoms with Crippen LogP contribution in [-0.4, -0.2) is 37.6 Å². The second kappa shape index (κ2) is 11.5. The first-order valence-corrected chi connectivity index (χ1v) is 8.32. The smallest absolute Gasteiger partial charge is 0.240 e. The summed E-state index contributed by atoms with van der Waals surface area (Å²) in [4.78, 5) is 11.7. The number of amides is 1. The van der Waals surface area contributed by atoms with Crippen LogP contribution in [0.5, 0.6) is 11.5 Å². The summed E-state index contributed by atoms with van der Waals surface area (Å²) in [6.07, 6.45) is 5.82. The lowest BCUT2D eigenvalue weighted by Gasteiger charge is -2.09. The summed E-state index contributed by atoms with van der Waals surface area (Å²) in [5.41, 5.74) is 3.25. The number of methoxy groups -OCH3 is 2. The molecule has 24 heavy (non-hydrogen) atoms. The summed E-state index contributed by atoms with van der Waals surface area (Å²) < 4.78 is 10.4. The van der Waals surface area contributed by atoms with E-state index in [0.29, 0.717) is 17.9 Å². The van der Waals surface area contributed by atoms with Crippen molar-refractivity contribution in [2.45, 2.75) is 51.6 Å². The first kappa shape index (κ1) is 20.0. The van der Waals surface area contributed by atoms with Crippen LogP contribution in [0.25, 0.3) is 0 Å². The number of carbonyl (C=O) groups excluding carboxylic acids is 1. The van der Waals surface area contributed by atoms with Gasteiger partial charge in [-0.05, 0) is 36.6 Å². The van der Waals surface area contributed by atoms with Crippen LogP contribution in [0.3, 0.4) is 0 Å². The summed E-state index contributed by atoms with van der Waals surface area (Å²) in [7, 11) is 3.13. The van der Waals surface area contributed by atoms with Gasteiger partial charge in [0.05, 0.1) is 26.5 Å². The van der Waals surface area contributed by atoms with Gasteiger partial charge in [-0.1, -0.05) is 26.2 Å². The monoisotopic (exact) mass is 336 g/mol. The molecule has 134 valence electrons. The molecule has 0 radical (unpaired) electrons. The second-order valence-corrected chi connectivity index (χ2v) is 5.60. The molecular formula is C18H28N2O4. The van der Waals surface area contributed by atoms with Gasteiger partial charge >= 0.3 is 0 Å². The van der Waals surface area contributed by atoms with Crippen LogP contribution in [-0.2, 0) is 4.79 Å². The number of aliphatic hydroxyl groups is 1. The Balaban J connectivity index is 2.37. The number of carbonyl (C=O) groups is 1. The SMILES string of the molecule is CCCCCC(O)CCC(=O)NN=Cc1ccc(OC)c(OC)c1. The van der Waals surface area contributed by atoms with Crippen LogP contribution in [0.2, 0.25) is 0 Å². The topological polar surface area (TPSA) is 80.2 Å². The third-order valence-corrected chi connectivity index (χ3v) is 3.66. The molecule has 0 saturated carbocycles. The third kappa shape index (κ3) is 7.46. The van der Waals surface area contributed by atoms with Crippen LogP contribution in [0.1, 0.15) is 51.0 Å². The molecule has 1 unspecified atom stereocenters. The van der Waals surface area contributed by atoms with Crippen molar-refractivity contribution in [3.63, 3.8) is 0 Å². The maximum Gasteiger partial charge on any atom is 0.240 e. The lowest BCUT2D eigenvalue weighted by atomic mass is 10.1. The van der Waals surface area contributed by atoms with Crippen LogP contribution in [0.4, 0.5) is 0 Å². The fraction of sp³-hybridized carbons (Fsp3) is 0.556. The third-order valence-electron chi connectivity index (χ3n) is 3.66. The Kier molecular flexibility index (Phi) is 9.53. The summed E-state index contributed by atoms with van der Waals surface area (Å²) in [6, 6.07) is 5.36. The number of hydrogen-bond donors (Lipinski definition) is 2. The predicted molar refractivity (Wildman–Crippen MR) is 94.7 cm³/mol. The van der Waals surface area contributed by atoms with Crippen LogP contribution < -0.4 is 14.9 Å². The highest BCUT2D eigenvalue weighted by Gasteiger charge is 2.07. The van der Waals surface area contributed by atoms with Crippen molar-refractivity contribution in [3.05, 3.63) is 23.8 Å². The molecule has 1 rings (SSSR count). The van der Waals surface area contributed by atoms with Gasteiger partial charge < -0.3 is 14.6 Å². The minimum absolute atomic E-state index is 0.207. The summed E-state index contributed by atoms with van der Waals surface area (Å²) >= 11 is 0. The quantitative estimate of drug-likeness (QED) is 0.370. The Bertz CT molecular complexity index is 532. The van der Waals surface area contributed by atoms with Crippen molar-refractivity contribution in [1.29, 1.82) is 0 Å². The minimum atomic E-state index is -0.419. The first-order valence-electron chi connectivity index (χ1n) is 8.32. The van der Waals surface area contributed by atoms with Gasteiger partial charge in [-0.2, -0.15) is 5.10 Å². The minimum Gasteiger partial charge on any atom is -0.493 e. The average molecular weight is 336 g/mol. The maximum absolute atomic E-state index is 11.7. The molecule has 1 aromatic carbocycles. The molecule has 0 fully saturated rings. The number of nitrogens with one attached hydrogen (secondary N) is 1. The Labute approximate surface area is 143 Å². The van der Waals surface area contributed by atoms with Gasteiger partial charge in [0.25, 0.3) is 0 Å². The van der Waals surface area contributed by atoms with Gasteiger partial charge in [-0.15, -0.1) is 0 Å². The molecule has 0 aromatic heterocycles. The van der Waals surface area contributed by atoms with E-state index in [9.17, 15) is 9.90 Å². The van der Waals surface area contributed by atoms with Crippen molar-refractivity contribution in [3.8, 4) is 11.5 Å². The van der Waals surface area contributed by atoms with Crippen LogP contribution in [0.15, 0.2) is 23.3 Å². The molecule has 6 nitrogen and oxygen atoms in total.